The summed E-state index contributed by atoms with van der Waals surface area (Å²) in [6.07, 6.45) is 5.25. The van der Waals surface area contributed by atoms with Crippen LogP contribution in [0.5, 0.6) is 0 Å². The molecule has 0 bridgehead atoms. The third-order valence-electron chi connectivity index (χ3n) is 6.41. The van der Waals surface area contributed by atoms with Gasteiger partial charge in [0.2, 0.25) is 5.95 Å². The summed E-state index contributed by atoms with van der Waals surface area (Å²) in [6.45, 7) is 5.88. The zero-order chi connectivity index (χ0) is 19.8. The van der Waals surface area contributed by atoms with Crippen molar-refractivity contribution >= 4 is 11.6 Å². The Bertz CT molecular complexity index is 947. The summed E-state index contributed by atoms with van der Waals surface area (Å²) in [5.74, 6) is 0.571. The lowest BCUT2D eigenvalue weighted by atomic mass is 10.1. The van der Waals surface area contributed by atoms with Crippen LogP contribution in [0.3, 0.4) is 0 Å². The van der Waals surface area contributed by atoms with E-state index in [9.17, 15) is 9.18 Å². The average molecular weight is 397 g/mol. The highest BCUT2D eigenvalue weighted by Crippen LogP contribution is 2.26. The Labute approximate surface area is 170 Å². The molecular weight excluding hydrogens is 369 g/mol. The number of rotatable bonds is 4. The molecule has 0 saturated carbocycles. The van der Waals surface area contributed by atoms with Gasteiger partial charge < -0.3 is 9.80 Å². The Hall–Kier alpha value is -2.41. The fourth-order valence-corrected chi connectivity index (χ4v) is 4.82. The van der Waals surface area contributed by atoms with Crippen molar-refractivity contribution in [1.82, 2.24) is 14.9 Å². The molecule has 2 fully saturated rings. The number of hydrogen-bond donors (Lipinski definition) is 1. The smallest absolute Gasteiger partial charge is 0.255 e. The lowest BCUT2D eigenvalue weighted by Crippen LogP contribution is -2.36. The summed E-state index contributed by atoms with van der Waals surface area (Å²) in [6, 6.07) is 5.62. The second-order valence-electron chi connectivity index (χ2n) is 8.45. The summed E-state index contributed by atoms with van der Waals surface area (Å²) in [4.78, 5) is 26.8. The minimum Gasteiger partial charge on any atom is -0.369 e. The first kappa shape index (κ1) is 18.6. The van der Waals surface area contributed by atoms with Crippen LogP contribution in [-0.2, 0) is 19.5 Å². The number of H-pyrrole nitrogens is 1. The van der Waals surface area contributed by atoms with E-state index in [0.717, 1.165) is 80.9 Å². The van der Waals surface area contributed by atoms with Crippen LogP contribution in [0.2, 0.25) is 0 Å². The highest BCUT2D eigenvalue weighted by atomic mass is 19.1. The molecule has 0 spiro atoms. The Balaban J connectivity index is 1.31. The Morgan fingerprint density at radius 3 is 2.45 bits per heavy atom. The Morgan fingerprint density at radius 2 is 1.72 bits per heavy atom. The molecular formula is C22H28FN5O. The first-order chi connectivity index (χ1) is 14.2. The molecule has 0 aliphatic carbocycles. The van der Waals surface area contributed by atoms with E-state index in [2.05, 4.69) is 19.7 Å². The molecule has 1 aromatic heterocycles. The molecule has 0 atom stereocenters. The predicted octanol–water partition coefficient (Wildman–Crippen LogP) is 2.67. The number of halogens is 1. The van der Waals surface area contributed by atoms with E-state index in [1.165, 1.54) is 0 Å². The van der Waals surface area contributed by atoms with E-state index in [1.807, 2.05) is 12.1 Å². The second kappa shape index (κ2) is 7.78. The van der Waals surface area contributed by atoms with Crippen molar-refractivity contribution in [3.63, 3.8) is 0 Å². The van der Waals surface area contributed by atoms with Gasteiger partial charge in [0.1, 0.15) is 5.82 Å². The number of aromatic amines is 1. The normalized spacial score (nSPS) is 19.8. The number of nitrogens with zero attached hydrogens (tertiary/aromatic N) is 4. The number of anilines is 2. The average Bonchev–Trinajstić information content (AvgIpc) is 3.42. The van der Waals surface area contributed by atoms with Gasteiger partial charge in [0, 0.05) is 51.4 Å². The van der Waals surface area contributed by atoms with Crippen LogP contribution in [0, 0.1) is 5.82 Å². The third-order valence-corrected chi connectivity index (χ3v) is 6.41. The van der Waals surface area contributed by atoms with E-state index < -0.39 is 0 Å². The van der Waals surface area contributed by atoms with Gasteiger partial charge in [-0.2, -0.15) is 0 Å². The van der Waals surface area contributed by atoms with E-state index in [1.54, 1.807) is 6.07 Å². The topological polar surface area (TPSA) is 55.5 Å². The van der Waals surface area contributed by atoms with Crippen LogP contribution < -0.4 is 15.4 Å². The van der Waals surface area contributed by atoms with Crippen molar-refractivity contribution in [2.75, 3.05) is 42.5 Å². The number of hydrogen-bond acceptors (Lipinski definition) is 5. The minimum absolute atomic E-state index is 0.00226. The molecule has 3 aliphatic rings. The molecule has 1 aromatic carbocycles. The van der Waals surface area contributed by atoms with Gasteiger partial charge in [-0.1, -0.05) is 6.07 Å². The molecule has 7 heteroatoms. The first-order valence-corrected chi connectivity index (χ1v) is 10.8. The molecule has 29 heavy (non-hydrogen) atoms. The van der Waals surface area contributed by atoms with E-state index >= 15 is 0 Å². The van der Waals surface area contributed by atoms with Gasteiger partial charge in [0.05, 0.1) is 11.4 Å². The lowest BCUT2D eigenvalue weighted by molar-refractivity contribution is 0.240. The molecule has 2 saturated heterocycles. The molecule has 0 radical (unpaired) electrons. The molecule has 3 aliphatic heterocycles. The zero-order valence-electron chi connectivity index (χ0n) is 16.8. The summed E-state index contributed by atoms with van der Waals surface area (Å²) < 4.78 is 14.7. The molecule has 2 aromatic rings. The van der Waals surface area contributed by atoms with E-state index in [4.69, 9.17) is 4.98 Å². The summed E-state index contributed by atoms with van der Waals surface area (Å²) >= 11 is 0. The van der Waals surface area contributed by atoms with Crippen LogP contribution in [0.15, 0.2) is 23.0 Å². The Morgan fingerprint density at radius 1 is 1.00 bits per heavy atom. The lowest BCUT2D eigenvalue weighted by Gasteiger charge is -2.29. The van der Waals surface area contributed by atoms with Crippen molar-refractivity contribution in [2.24, 2.45) is 0 Å². The Kier molecular flexibility index (Phi) is 4.99. The summed E-state index contributed by atoms with van der Waals surface area (Å²) in [5.41, 5.74) is 3.37. The van der Waals surface area contributed by atoms with Gasteiger partial charge in [0.25, 0.3) is 5.56 Å². The number of aromatic nitrogens is 2. The van der Waals surface area contributed by atoms with E-state index in [-0.39, 0.29) is 11.4 Å². The number of nitrogens with one attached hydrogen (secondary N) is 1. The second-order valence-corrected chi connectivity index (χ2v) is 8.45. The molecule has 5 rings (SSSR count). The number of benzene rings is 1. The number of fused-ring (bicyclic) bond motifs is 1. The molecule has 154 valence electrons. The van der Waals surface area contributed by atoms with Crippen LogP contribution in [0.1, 0.15) is 42.5 Å². The van der Waals surface area contributed by atoms with Gasteiger partial charge in [-0.25, -0.2) is 9.37 Å². The first-order valence-electron chi connectivity index (χ1n) is 10.8. The van der Waals surface area contributed by atoms with Gasteiger partial charge in [-0.05, 0) is 49.8 Å². The maximum absolute atomic E-state index is 14.7. The minimum atomic E-state index is -0.132. The van der Waals surface area contributed by atoms with Gasteiger partial charge in [-0.15, -0.1) is 0 Å². The molecule has 1 N–H and O–H groups in total. The fourth-order valence-electron chi connectivity index (χ4n) is 4.82. The zero-order valence-corrected chi connectivity index (χ0v) is 16.8. The summed E-state index contributed by atoms with van der Waals surface area (Å²) in [7, 11) is 0. The van der Waals surface area contributed by atoms with Crippen molar-refractivity contribution in [3.05, 3.63) is 51.2 Å². The van der Waals surface area contributed by atoms with Crippen LogP contribution >= 0.6 is 0 Å². The van der Waals surface area contributed by atoms with Crippen molar-refractivity contribution in [3.8, 4) is 0 Å². The molecule has 6 nitrogen and oxygen atoms in total. The van der Waals surface area contributed by atoms with Crippen LogP contribution in [0.4, 0.5) is 16.0 Å². The summed E-state index contributed by atoms with van der Waals surface area (Å²) in [5, 5.41) is 0. The SMILES string of the molecule is O=c1[nH]c(N2CCCC2)nc2c1CCN(Cc1ccc(N3CCCC3)c(F)c1)C2. The monoisotopic (exact) mass is 397 g/mol. The van der Waals surface area contributed by atoms with Crippen molar-refractivity contribution < 1.29 is 4.39 Å². The largest absolute Gasteiger partial charge is 0.369 e. The van der Waals surface area contributed by atoms with Gasteiger partial charge in [0.15, 0.2) is 0 Å². The quantitative estimate of drug-likeness (QED) is 0.860. The highest BCUT2D eigenvalue weighted by molar-refractivity contribution is 5.50. The van der Waals surface area contributed by atoms with Crippen molar-refractivity contribution in [1.29, 1.82) is 0 Å². The fraction of sp³-hybridized carbons (Fsp3) is 0.545. The van der Waals surface area contributed by atoms with Crippen LogP contribution in [-0.4, -0.2) is 47.6 Å². The maximum atomic E-state index is 14.7. The molecule has 0 unspecified atom stereocenters. The van der Waals surface area contributed by atoms with Crippen LogP contribution in [0.25, 0.3) is 0 Å². The van der Waals surface area contributed by atoms with Gasteiger partial charge in [-0.3, -0.25) is 14.7 Å². The standard InChI is InChI=1S/C22H28FN5O/c23-18-13-16(5-6-20(18)27-8-1-2-9-27)14-26-12-7-17-19(15-26)24-22(25-21(17)29)28-10-3-4-11-28/h5-6,13H,1-4,7-12,14-15H2,(H,24,25,29). The third kappa shape index (κ3) is 3.75. The predicted molar refractivity (Wildman–Crippen MR) is 112 cm³/mol. The molecule has 0 amide bonds. The molecule has 4 heterocycles. The van der Waals surface area contributed by atoms with Gasteiger partial charge >= 0.3 is 0 Å². The van der Waals surface area contributed by atoms with Crippen molar-refractivity contribution in [2.45, 2.75) is 45.2 Å². The van der Waals surface area contributed by atoms with E-state index in [0.29, 0.717) is 25.5 Å². The maximum Gasteiger partial charge on any atom is 0.255 e. The highest BCUT2D eigenvalue weighted by Gasteiger charge is 2.24.